The van der Waals surface area contributed by atoms with Gasteiger partial charge in [0.1, 0.15) is 0 Å². The Kier molecular flexibility index (Phi) is 4.13. The molecule has 0 bridgehead atoms. The van der Waals surface area contributed by atoms with E-state index in [9.17, 15) is 4.79 Å². The zero-order chi connectivity index (χ0) is 14.0. The van der Waals surface area contributed by atoms with Crippen LogP contribution in [0.1, 0.15) is 49.0 Å². The van der Waals surface area contributed by atoms with E-state index in [2.05, 4.69) is 19.2 Å². The Morgan fingerprint density at radius 3 is 2.63 bits per heavy atom. The van der Waals surface area contributed by atoms with Crippen LogP contribution in [0.3, 0.4) is 0 Å². The molecule has 1 fully saturated rings. The van der Waals surface area contributed by atoms with E-state index in [1.807, 2.05) is 13.0 Å². The molecule has 0 amide bonds. The molecule has 0 aromatic heterocycles. The van der Waals surface area contributed by atoms with Crippen LogP contribution in [0.15, 0.2) is 18.2 Å². The quantitative estimate of drug-likeness (QED) is 0.866. The highest BCUT2D eigenvalue weighted by Crippen LogP contribution is 2.31. The maximum Gasteiger partial charge on any atom is 0.335 e. The fraction of sp³-hybridized carbons (Fsp3) is 0.562. The van der Waals surface area contributed by atoms with E-state index in [1.165, 1.54) is 12.8 Å². The van der Waals surface area contributed by atoms with Crippen molar-refractivity contribution in [1.82, 2.24) is 0 Å². The van der Waals surface area contributed by atoms with E-state index in [1.54, 1.807) is 12.1 Å². The van der Waals surface area contributed by atoms with Gasteiger partial charge in [0, 0.05) is 11.7 Å². The van der Waals surface area contributed by atoms with Gasteiger partial charge in [-0.05, 0) is 55.7 Å². The lowest BCUT2D eigenvalue weighted by molar-refractivity contribution is 0.0697. The lowest BCUT2D eigenvalue weighted by atomic mass is 9.79. The van der Waals surface area contributed by atoms with Crippen LogP contribution in [0.5, 0.6) is 0 Å². The van der Waals surface area contributed by atoms with Gasteiger partial charge < -0.3 is 10.4 Å². The highest BCUT2D eigenvalue weighted by molar-refractivity contribution is 5.89. The molecule has 2 N–H and O–H groups in total. The fourth-order valence-electron chi connectivity index (χ4n) is 2.81. The first-order valence-corrected chi connectivity index (χ1v) is 7.08. The van der Waals surface area contributed by atoms with Crippen LogP contribution in [0, 0.1) is 18.8 Å². The molecule has 1 saturated carbocycles. The van der Waals surface area contributed by atoms with Crippen molar-refractivity contribution in [1.29, 1.82) is 0 Å². The van der Waals surface area contributed by atoms with Gasteiger partial charge in [0.25, 0.3) is 0 Å². The number of anilines is 1. The highest BCUT2D eigenvalue weighted by atomic mass is 16.4. The summed E-state index contributed by atoms with van der Waals surface area (Å²) in [5.41, 5.74) is 2.42. The van der Waals surface area contributed by atoms with Crippen molar-refractivity contribution in [3.8, 4) is 0 Å². The zero-order valence-electron chi connectivity index (χ0n) is 11.9. The van der Waals surface area contributed by atoms with Gasteiger partial charge in [0.05, 0.1) is 5.56 Å². The van der Waals surface area contributed by atoms with Gasteiger partial charge in [-0.2, -0.15) is 0 Å². The van der Waals surface area contributed by atoms with Gasteiger partial charge in [-0.3, -0.25) is 0 Å². The number of rotatable bonds is 3. The minimum Gasteiger partial charge on any atom is -0.478 e. The first-order chi connectivity index (χ1) is 8.97. The summed E-state index contributed by atoms with van der Waals surface area (Å²) < 4.78 is 0. The number of nitrogens with one attached hydrogen (secondary N) is 1. The molecule has 1 aliphatic carbocycles. The number of hydrogen-bond donors (Lipinski definition) is 2. The van der Waals surface area contributed by atoms with E-state index < -0.39 is 5.97 Å². The third-order valence-electron chi connectivity index (χ3n) is 4.44. The predicted octanol–water partition coefficient (Wildman–Crippen LogP) is 3.93. The van der Waals surface area contributed by atoms with Gasteiger partial charge in [-0.1, -0.05) is 19.9 Å². The average molecular weight is 261 g/mol. The second-order valence-electron chi connectivity index (χ2n) is 5.94. The summed E-state index contributed by atoms with van der Waals surface area (Å²) in [4.78, 5) is 11.0. The SMILES string of the molecule is Cc1ccc(C(=O)O)cc1NC1CCC(C)C(C)C1. The van der Waals surface area contributed by atoms with Crippen molar-refractivity contribution in [3.63, 3.8) is 0 Å². The molecular weight excluding hydrogens is 238 g/mol. The molecule has 2 rings (SSSR count). The standard InChI is InChI=1S/C16H23NO2/c1-10-5-7-14(8-12(10)3)17-15-9-13(16(18)19)6-4-11(15)2/h4,6,9-10,12,14,17H,5,7-8H2,1-3H3,(H,18,19). The maximum atomic E-state index is 11.0. The van der Waals surface area contributed by atoms with Crippen molar-refractivity contribution in [2.75, 3.05) is 5.32 Å². The molecule has 3 atom stereocenters. The first-order valence-electron chi connectivity index (χ1n) is 7.08. The molecule has 0 radical (unpaired) electrons. The molecule has 19 heavy (non-hydrogen) atoms. The summed E-state index contributed by atoms with van der Waals surface area (Å²) in [7, 11) is 0. The van der Waals surface area contributed by atoms with Crippen molar-refractivity contribution in [3.05, 3.63) is 29.3 Å². The topological polar surface area (TPSA) is 49.3 Å². The monoisotopic (exact) mass is 261 g/mol. The largest absolute Gasteiger partial charge is 0.478 e. The van der Waals surface area contributed by atoms with Crippen LogP contribution in [0.4, 0.5) is 5.69 Å². The van der Waals surface area contributed by atoms with Gasteiger partial charge in [-0.15, -0.1) is 0 Å². The van der Waals surface area contributed by atoms with Crippen LogP contribution in [0.2, 0.25) is 0 Å². The predicted molar refractivity (Wildman–Crippen MR) is 77.7 cm³/mol. The van der Waals surface area contributed by atoms with E-state index in [0.29, 0.717) is 11.6 Å². The Balaban J connectivity index is 2.10. The number of carboxylic acids is 1. The van der Waals surface area contributed by atoms with Gasteiger partial charge in [0.15, 0.2) is 0 Å². The van der Waals surface area contributed by atoms with Gasteiger partial charge in [-0.25, -0.2) is 4.79 Å². The molecule has 104 valence electrons. The molecule has 1 aliphatic rings. The average Bonchev–Trinajstić information content (AvgIpc) is 2.36. The Labute approximate surface area is 115 Å². The Bertz CT molecular complexity index is 470. The zero-order valence-corrected chi connectivity index (χ0v) is 11.9. The van der Waals surface area contributed by atoms with Crippen LogP contribution in [-0.2, 0) is 0 Å². The van der Waals surface area contributed by atoms with Crippen molar-refractivity contribution in [2.45, 2.75) is 46.1 Å². The Hall–Kier alpha value is -1.51. The van der Waals surface area contributed by atoms with Gasteiger partial charge in [0.2, 0.25) is 0 Å². The second kappa shape index (κ2) is 5.64. The van der Waals surface area contributed by atoms with Crippen molar-refractivity contribution in [2.24, 2.45) is 11.8 Å². The third kappa shape index (κ3) is 3.28. The molecule has 0 heterocycles. The van der Waals surface area contributed by atoms with Crippen LogP contribution in [-0.4, -0.2) is 17.1 Å². The Morgan fingerprint density at radius 1 is 1.26 bits per heavy atom. The summed E-state index contributed by atoms with van der Waals surface area (Å²) in [6.45, 7) is 6.64. The van der Waals surface area contributed by atoms with E-state index >= 15 is 0 Å². The fourth-order valence-corrected chi connectivity index (χ4v) is 2.81. The summed E-state index contributed by atoms with van der Waals surface area (Å²) in [6.07, 6.45) is 3.58. The molecule has 0 spiro atoms. The number of carbonyl (C=O) groups is 1. The molecule has 3 nitrogen and oxygen atoms in total. The summed E-state index contributed by atoms with van der Waals surface area (Å²) >= 11 is 0. The number of aromatic carboxylic acids is 1. The molecule has 0 aliphatic heterocycles. The molecule has 3 heteroatoms. The van der Waals surface area contributed by atoms with E-state index in [0.717, 1.165) is 29.5 Å². The van der Waals surface area contributed by atoms with Crippen LogP contribution < -0.4 is 5.32 Å². The molecule has 3 unspecified atom stereocenters. The molecule has 0 saturated heterocycles. The second-order valence-corrected chi connectivity index (χ2v) is 5.94. The normalized spacial score (nSPS) is 27.0. The lowest BCUT2D eigenvalue weighted by Gasteiger charge is -2.33. The summed E-state index contributed by atoms with van der Waals surface area (Å²) in [6, 6.07) is 5.75. The summed E-state index contributed by atoms with van der Waals surface area (Å²) in [5.74, 6) is 0.660. The van der Waals surface area contributed by atoms with E-state index in [4.69, 9.17) is 5.11 Å². The number of benzene rings is 1. The number of hydrogen-bond acceptors (Lipinski definition) is 2. The molecule has 1 aromatic carbocycles. The minimum absolute atomic E-state index is 0.352. The molecular formula is C16H23NO2. The lowest BCUT2D eigenvalue weighted by Crippen LogP contribution is -2.30. The van der Waals surface area contributed by atoms with Crippen molar-refractivity contribution >= 4 is 11.7 Å². The highest BCUT2D eigenvalue weighted by Gasteiger charge is 2.24. The summed E-state index contributed by atoms with van der Waals surface area (Å²) in [5, 5.41) is 12.6. The first kappa shape index (κ1) is 13.9. The number of carboxylic acid groups (broad SMARTS) is 1. The minimum atomic E-state index is -0.867. The number of aryl methyl sites for hydroxylation is 1. The van der Waals surface area contributed by atoms with E-state index in [-0.39, 0.29) is 0 Å². The van der Waals surface area contributed by atoms with Crippen LogP contribution >= 0.6 is 0 Å². The van der Waals surface area contributed by atoms with Crippen molar-refractivity contribution < 1.29 is 9.90 Å². The van der Waals surface area contributed by atoms with Crippen LogP contribution in [0.25, 0.3) is 0 Å². The third-order valence-corrected chi connectivity index (χ3v) is 4.44. The Morgan fingerprint density at radius 2 is 2.00 bits per heavy atom. The van der Waals surface area contributed by atoms with Gasteiger partial charge >= 0.3 is 5.97 Å². The smallest absolute Gasteiger partial charge is 0.335 e. The molecule has 1 aromatic rings. The maximum absolute atomic E-state index is 11.0.